The molecule has 0 aliphatic heterocycles. The zero-order valence-corrected chi connectivity index (χ0v) is 19.4. The van der Waals surface area contributed by atoms with Gasteiger partial charge in [-0.05, 0) is 84.5 Å². The first-order valence-corrected chi connectivity index (χ1v) is 11.7. The van der Waals surface area contributed by atoms with E-state index in [0.29, 0.717) is 47.2 Å². The van der Waals surface area contributed by atoms with Crippen LogP contribution in [-0.2, 0) is 12.6 Å². The summed E-state index contributed by atoms with van der Waals surface area (Å²) in [5.41, 5.74) is 1.31. The van der Waals surface area contributed by atoms with Gasteiger partial charge in [0, 0.05) is 22.4 Å². The summed E-state index contributed by atoms with van der Waals surface area (Å²) in [6, 6.07) is 14.4. The molecule has 5 rings (SSSR count). The quantitative estimate of drug-likeness (QED) is 0.280. The number of alkyl halides is 4. The molecule has 37 heavy (non-hydrogen) atoms. The minimum absolute atomic E-state index is 0.0117. The number of fused-ring (bicyclic) bond motifs is 1. The van der Waals surface area contributed by atoms with Gasteiger partial charge in [0.2, 0.25) is 0 Å². The van der Waals surface area contributed by atoms with Crippen molar-refractivity contribution in [2.24, 2.45) is 0 Å². The van der Waals surface area contributed by atoms with Gasteiger partial charge < -0.3 is 5.11 Å². The molecule has 0 fully saturated rings. The maximum atomic E-state index is 16.5. The first-order valence-electron chi connectivity index (χ1n) is 11.7. The van der Waals surface area contributed by atoms with E-state index < -0.39 is 35.6 Å². The molecule has 1 heterocycles. The molecule has 3 aromatic carbocycles. The van der Waals surface area contributed by atoms with Crippen molar-refractivity contribution in [1.29, 1.82) is 0 Å². The summed E-state index contributed by atoms with van der Waals surface area (Å²) in [7, 11) is 0. The molecule has 0 bridgehead atoms. The number of rotatable bonds is 4. The van der Waals surface area contributed by atoms with Crippen molar-refractivity contribution in [2.75, 3.05) is 0 Å². The van der Waals surface area contributed by atoms with Gasteiger partial charge in [0.1, 0.15) is 11.6 Å². The van der Waals surface area contributed by atoms with E-state index in [1.54, 1.807) is 0 Å². The molecule has 4 aromatic rings. The van der Waals surface area contributed by atoms with Gasteiger partial charge in [-0.15, -0.1) is 0 Å². The lowest BCUT2D eigenvalue weighted by Gasteiger charge is -2.29. The van der Waals surface area contributed by atoms with Crippen molar-refractivity contribution in [3.63, 3.8) is 0 Å². The largest absolute Gasteiger partial charge is 0.416 e. The van der Waals surface area contributed by atoms with Gasteiger partial charge in [0.25, 0.3) is 0 Å². The van der Waals surface area contributed by atoms with E-state index in [2.05, 4.69) is 0 Å². The van der Waals surface area contributed by atoms with Crippen LogP contribution in [0.2, 0.25) is 0 Å². The predicted octanol–water partition coefficient (Wildman–Crippen LogP) is 8.14. The average Bonchev–Trinajstić information content (AvgIpc) is 2.88. The Morgan fingerprint density at radius 2 is 1.38 bits per heavy atom. The number of aliphatic hydroxyl groups is 1. The highest BCUT2D eigenvalue weighted by molar-refractivity contribution is 5.81. The number of pyridine rings is 1. The average molecular weight is 513 g/mol. The minimum atomic E-state index is -4.58. The molecule has 0 saturated heterocycles. The summed E-state index contributed by atoms with van der Waals surface area (Å²) < 4.78 is 83.4. The van der Waals surface area contributed by atoms with Gasteiger partial charge in [0.15, 0.2) is 6.17 Å². The minimum Gasteiger partial charge on any atom is -0.388 e. The van der Waals surface area contributed by atoms with E-state index in [4.69, 9.17) is 4.98 Å². The van der Waals surface area contributed by atoms with Gasteiger partial charge in [-0.3, -0.25) is 4.98 Å². The number of nitrogens with zero attached hydrogens (tertiary/aromatic N) is 1. The molecule has 2 unspecified atom stereocenters. The van der Waals surface area contributed by atoms with E-state index in [0.717, 1.165) is 24.3 Å². The Morgan fingerprint density at radius 1 is 0.811 bits per heavy atom. The smallest absolute Gasteiger partial charge is 0.388 e. The maximum Gasteiger partial charge on any atom is 0.416 e. The van der Waals surface area contributed by atoms with Gasteiger partial charge in [-0.1, -0.05) is 24.3 Å². The maximum absolute atomic E-state index is 16.5. The molecule has 0 spiro atoms. The third-order valence-electron chi connectivity index (χ3n) is 6.61. The van der Waals surface area contributed by atoms with Crippen LogP contribution in [0.1, 0.15) is 53.1 Å². The Kier molecular flexibility index (Phi) is 6.54. The van der Waals surface area contributed by atoms with Crippen molar-refractivity contribution < 1.29 is 31.4 Å². The number of aromatic nitrogens is 1. The van der Waals surface area contributed by atoms with Crippen LogP contribution in [0.4, 0.5) is 26.3 Å². The number of benzene rings is 3. The molecular weight excluding hydrogens is 492 g/mol. The summed E-state index contributed by atoms with van der Waals surface area (Å²) in [5.74, 6) is -1.01. The fraction of sp³-hybridized carbons (Fsp3) is 0.207. The van der Waals surface area contributed by atoms with Gasteiger partial charge >= 0.3 is 6.18 Å². The van der Waals surface area contributed by atoms with Gasteiger partial charge in [-0.25, -0.2) is 13.2 Å². The van der Waals surface area contributed by atoms with E-state index >= 15 is 4.39 Å². The first-order chi connectivity index (χ1) is 17.6. The number of hydrogen-bond acceptors (Lipinski definition) is 2. The van der Waals surface area contributed by atoms with Crippen LogP contribution in [0.15, 0.2) is 72.8 Å². The highest BCUT2D eigenvalue weighted by Gasteiger charge is 2.34. The molecule has 2 nitrogen and oxygen atoms in total. The number of aryl methyl sites for hydroxylation is 1. The SMILES string of the molecule is OC1CCCc2nc(-c3ccc(F)cc3)c(C(F)c3ccc(C(F)(F)F)cc3)c(-c3ccc(F)cc3)c21. The summed E-state index contributed by atoms with van der Waals surface area (Å²) in [5, 5.41) is 10.9. The van der Waals surface area contributed by atoms with E-state index in [1.807, 2.05) is 0 Å². The van der Waals surface area contributed by atoms with E-state index in [9.17, 15) is 27.1 Å². The fourth-order valence-corrected chi connectivity index (χ4v) is 4.83. The topological polar surface area (TPSA) is 33.1 Å². The zero-order chi connectivity index (χ0) is 26.3. The number of halogens is 6. The monoisotopic (exact) mass is 513 g/mol. The second-order valence-corrected chi connectivity index (χ2v) is 9.01. The molecule has 0 saturated carbocycles. The normalized spacial score (nSPS) is 16.4. The molecule has 0 amide bonds. The number of aliphatic hydroxyl groups excluding tert-OH is 1. The Labute approximate surface area is 209 Å². The van der Waals surface area contributed by atoms with Crippen LogP contribution >= 0.6 is 0 Å². The van der Waals surface area contributed by atoms with Crippen molar-refractivity contribution in [3.05, 3.63) is 112 Å². The summed E-state index contributed by atoms with van der Waals surface area (Å²) in [4.78, 5) is 4.69. The molecule has 0 radical (unpaired) electrons. The first kappa shape index (κ1) is 25.0. The standard InChI is InChI=1S/C29H21F6NO/c30-20-12-6-16(7-13-20)24-25-22(2-1-3-23(25)37)36-28(18-8-14-21(31)15-9-18)26(24)27(32)17-4-10-19(11-5-17)29(33,34)35/h4-15,23,27,37H,1-3H2. The lowest BCUT2D eigenvalue weighted by Crippen LogP contribution is -2.17. The van der Waals surface area contributed by atoms with Crippen LogP contribution in [0.5, 0.6) is 0 Å². The predicted molar refractivity (Wildman–Crippen MR) is 127 cm³/mol. The Morgan fingerprint density at radius 3 is 1.95 bits per heavy atom. The Bertz CT molecular complexity index is 1410. The zero-order valence-electron chi connectivity index (χ0n) is 19.4. The lowest BCUT2D eigenvalue weighted by molar-refractivity contribution is -0.137. The molecule has 1 N–H and O–H groups in total. The molecule has 2 atom stereocenters. The Balaban J connectivity index is 1.81. The van der Waals surface area contributed by atoms with Crippen molar-refractivity contribution in [2.45, 2.75) is 37.7 Å². The second kappa shape index (κ2) is 9.67. The van der Waals surface area contributed by atoms with Crippen LogP contribution in [0.3, 0.4) is 0 Å². The lowest BCUT2D eigenvalue weighted by atomic mass is 9.81. The van der Waals surface area contributed by atoms with Crippen molar-refractivity contribution in [3.8, 4) is 22.4 Å². The van der Waals surface area contributed by atoms with Gasteiger partial charge in [0.05, 0.1) is 17.4 Å². The van der Waals surface area contributed by atoms with Gasteiger partial charge in [-0.2, -0.15) is 13.2 Å². The van der Waals surface area contributed by atoms with E-state index in [1.165, 1.54) is 48.5 Å². The summed E-state index contributed by atoms with van der Waals surface area (Å²) in [6.07, 6.45) is -5.93. The molecular formula is C29H21F6NO. The van der Waals surface area contributed by atoms with Crippen LogP contribution < -0.4 is 0 Å². The summed E-state index contributed by atoms with van der Waals surface area (Å²) in [6.45, 7) is 0. The Hall–Kier alpha value is -3.65. The highest BCUT2D eigenvalue weighted by atomic mass is 19.4. The fourth-order valence-electron chi connectivity index (χ4n) is 4.83. The molecule has 190 valence electrons. The van der Waals surface area contributed by atoms with Crippen molar-refractivity contribution >= 4 is 0 Å². The van der Waals surface area contributed by atoms with Crippen LogP contribution in [0.25, 0.3) is 22.4 Å². The van der Waals surface area contributed by atoms with Crippen LogP contribution in [0, 0.1) is 11.6 Å². The van der Waals surface area contributed by atoms with E-state index in [-0.39, 0.29) is 16.8 Å². The molecule has 1 aromatic heterocycles. The van der Waals surface area contributed by atoms with Crippen LogP contribution in [-0.4, -0.2) is 10.1 Å². The molecule has 8 heteroatoms. The highest BCUT2D eigenvalue weighted by Crippen LogP contribution is 2.47. The molecule has 1 aliphatic rings. The second-order valence-electron chi connectivity index (χ2n) is 9.01. The number of hydrogen-bond donors (Lipinski definition) is 1. The molecule has 1 aliphatic carbocycles. The third kappa shape index (κ3) is 4.85. The van der Waals surface area contributed by atoms with Crippen molar-refractivity contribution in [1.82, 2.24) is 4.98 Å². The third-order valence-corrected chi connectivity index (χ3v) is 6.61. The summed E-state index contributed by atoms with van der Waals surface area (Å²) >= 11 is 0.